The molecule has 1 N–H and O–H groups in total. The third-order valence-corrected chi connectivity index (χ3v) is 2.84. The topological polar surface area (TPSA) is 75.4 Å². The highest BCUT2D eigenvalue weighted by molar-refractivity contribution is 5.99. The predicted octanol–water partition coefficient (Wildman–Crippen LogP) is 2.17. The maximum absolute atomic E-state index is 12.4. The van der Waals surface area contributed by atoms with E-state index >= 15 is 0 Å². The zero-order chi connectivity index (χ0) is 15.1. The summed E-state index contributed by atoms with van der Waals surface area (Å²) in [5, 5.41) is 6.18. The number of benzene rings is 1. The first-order valence-corrected chi connectivity index (χ1v) is 6.75. The Labute approximate surface area is 122 Å². The SMILES string of the molecule is CCCN(CC(=O)Nc1ccon1)C(=O)c1ccccc1. The molecule has 0 aliphatic rings. The number of aromatic nitrogens is 1. The van der Waals surface area contributed by atoms with Crippen LogP contribution in [0.2, 0.25) is 0 Å². The van der Waals surface area contributed by atoms with Crippen LogP contribution in [0.15, 0.2) is 47.2 Å². The highest BCUT2D eigenvalue weighted by atomic mass is 16.5. The number of nitrogens with one attached hydrogen (secondary N) is 1. The largest absolute Gasteiger partial charge is 0.363 e. The Balaban J connectivity index is 2.01. The van der Waals surface area contributed by atoms with E-state index in [1.807, 2.05) is 13.0 Å². The summed E-state index contributed by atoms with van der Waals surface area (Å²) in [5.74, 6) is -0.127. The average molecular weight is 287 g/mol. The molecule has 0 aliphatic heterocycles. The van der Waals surface area contributed by atoms with Crippen LogP contribution in [0.25, 0.3) is 0 Å². The van der Waals surface area contributed by atoms with Gasteiger partial charge in [-0.05, 0) is 18.6 Å². The number of nitrogens with zero attached hydrogens (tertiary/aromatic N) is 2. The van der Waals surface area contributed by atoms with Crippen molar-refractivity contribution in [3.63, 3.8) is 0 Å². The van der Waals surface area contributed by atoms with Crippen LogP contribution in [-0.2, 0) is 4.79 Å². The smallest absolute Gasteiger partial charge is 0.254 e. The standard InChI is InChI=1S/C15H17N3O3/c1-2-9-18(15(20)12-6-4-3-5-7-12)11-14(19)16-13-8-10-21-17-13/h3-8,10H,2,9,11H2,1H3,(H,16,17,19). The van der Waals surface area contributed by atoms with Gasteiger partial charge in [0.2, 0.25) is 5.91 Å². The van der Waals surface area contributed by atoms with Crippen molar-refractivity contribution in [2.24, 2.45) is 0 Å². The van der Waals surface area contributed by atoms with Crippen molar-refractivity contribution in [2.75, 3.05) is 18.4 Å². The van der Waals surface area contributed by atoms with Gasteiger partial charge in [-0.15, -0.1) is 0 Å². The fourth-order valence-corrected chi connectivity index (χ4v) is 1.92. The van der Waals surface area contributed by atoms with E-state index in [1.54, 1.807) is 30.3 Å². The van der Waals surface area contributed by atoms with Crippen molar-refractivity contribution >= 4 is 17.6 Å². The highest BCUT2D eigenvalue weighted by Gasteiger charge is 2.18. The Morgan fingerprint density at radius 3 is 2.62 bits per heavy atom. The van der Waals surface area contributed by atoms with Crippen LogP contribution in [0.5, 0.6) is 0 Å². The van der Waals surface area contributed by atoms with Gasteiger partial charge in [-0.25, -0.2) is 0 Å². The number of amides is 2. The molecule has 0 unspecified atom stereocenters. The van der Waals surface area contributed by atoms with Gasteiger partial charge in [0.25, 0.3) is 5.91 Å². The van der Waals surface area contributed by atoms with Crippen molar-refractivity contribution in [1.29, 1.82) is 0 Å². The normalized spacial score (nSPS) is 10.1. The maximum atomic E-state index is 12.4. The first-order valence-electron chi connectivity index (χ1n) is 6.75. The second-order valence-corrected chi connectivity index (χ2v) is 4.53. The van der Waals surface area contributed by atoms with Gasteiger partial charge in [0.1, 0.15) is 12.8 Å². The molecule has 1 aromatic carbocycles. The molecule has 2 amide bonds. The summed E-state index contributed by atoms with van der Waals surface area (Å²) < 4.78 is 4.64. The molecule has 6 heteroatoms. The summed E-state index contributed by atoms with van der Waals surface area (Å²) in [4.78, 5) is 25.8. The molecule has 0 saturated heterocycles. The van der Waals surface area contributed by atoms with Crippen molar-refractivity contribution in [1.82, 2.24) is 10.1 Å². The Kier molecular flexibility index (Phi) is 5.09. The van der Waals surface area contributed by atoms with E-state index in [2.05, 4.69) is 15.0 Å². The summed E-state index contributed by atoms with van der Waals surface area (Å²) in [6, 6.07) is 10.5. The molecule has 0 fully saturated rings. The molecular formula is C15H17N3O3. The van der Waals surface area contributed by atoms with E-state index < -0.39 is 0 Å². The summed E-state index contributed by atoms with van der Waals surface area (Å²) in [7, 11) is 0. The van der Waals surface area contributed by atoms with Crippen molar-refractivity contribution in [3.05, 3.63) is 48.2 Å². The van der Waals surface area contributed by atoms with Gasteiger partial charge < -0.3 is 14.7 Å². The van der Waals surface area contributed by atoms with Gasteiger partial charge in [-0.3, -0.25) is 9.59 Å². The van der Waals surface area contributed by atoms with Gasteiger partial charge >= 0.3 is 0 Å². The average Bonchev–Trinajstić information content (AvgIpc) is 3.00. The van der Waals surface area contributed by atoms with Crippen LogP contribution in [0.3, 0.4) is 0 Å². The van der Waals surface area contributed by atoms with Crippen molar-refractivity contribution in [2.45, 2.75) is 13.3 Å². The second-order valence-electron chi connectivity index (χ2n) is 4.53. The van der Waals surface area contributed by atoms with Gasteiger partial charge in [0, 0.05) is 18.2 Å². The van der Waals surface area contributed by atoms with Crippen LogP contribution in [-0.4, -0.2) is 35.0 Å². The molecule has 2 rings (SSSR count). The fourth-order valence-electron chi connectivity index (χ4n) is 1.92. The molecule has 21 heavy (non-hydrogen) atoms. The molecule has 6 nitrogen and oxygen atoms in total. The zero-order valence-electron chi connectivity index (χ0n) is 11.8. The van der Waals surface area contributed by atoms with Crippen LogP contribution >= 0.6 is 0 Å². The quantitative estimate of drug-likeness (QED) is 0.883. The van der Waals surface area contributed by atoms with Crippen LogP contribution in [0.4, 0.5) is 5.82 Å². The summed E-state index contributed by atoms with van der Waals surface area (Å²) in [5.41, 5.74) is 0.570. The first kappa shape index (κ1) is 14.8. The van der Waals surface area contributed by atoms with Gasteiger partial charge in [0.05, 0.1) is 0 Å². The maximum Gasteiger partial charge on any atom is 0.254 e. The summed E-state index contributed by atoms with van der Waals surface area (Å²) >= 11 is 0. The number of rotatable bonds is 6. The number of carbonyl (C=O) groups excluding carboxylic acids is 2. The van der Waals surface area contributed by atoms with Gasteiger partial charge in [0.15, 0.2) is 5.82 Å². The number of carbonyl (C=O) groups is 2. The lowest BCUT2D eigenvalue weighted by atomic mass is 10.2. The van der Waals surface area contributed by atoms with E-state index in [4.69, 9.17) is 0 Å². The summed E-state index contributed by atoms with van der Waals surface area (Å²) in [6.45, 7) is 2.45. The monoisotopic (exact) mass is 287 g/mol. The molecule has 110 valence electrons. The van der Waals surface area contributed by atoms with Crippen LogP contribution < -0.4 is 5.32 Å². The molecule has 1 aromatic heterocycles. The Bertz CT molecular complexity index is 581. The van der Waals surface area contributed by atoms with E-state index in [0.717, 1.165) is 6.42 Å². The molecule has 0 radical (unpaired) electrons. The third-order valence-electron chi connectivity index (χ3n) is 2.84. The lowest BCUT2D eigenvalue weighted by Crippen LogP contribution is -2.38. The number of hydrogen-bond donors (Lipinski definition) is 1. The fraction of sp³-hybridized carbons (Fsp3) is 0.267. The summed E-state index contributed by atoms with van der Waals surface area (Å²) in [6.07, 6.45) is 2.14. The second kappa shape index (κ2) is 7.23. The Morgan fingerprint density at radius 1 is 1.24 bits per heavy atom. The Morgan fingerprint density at radius 2 is 2.00 bits per heavy atom. The third kappa shape index (κ3) is 4.17. The van der Waals surface area contributed by atoms with Gasteiger partial charge in [-0.2, -0.15) is 0 Å². The predicted molar refractivity (Wildman–Crippen MR) is 77.8 cm³/mol. The minimum absolute atomic E-state index is 0.0194. The zero-order valence-corrected chi connectivity index (χ0v) is 11.8. The molecule has 0 spiro atoms. The Hall–Kier alpha value is -2.63. The molecule has 2 aromatic rings. The molecule has 1 heterocycles. The highest BCUT2D eigenvalue weighted by Crippen LogP contribution is 2.07. The first-order chi connectivity index (χ1) is 10.2. The molecule has 0 aliphatic carbocycles. The lowest BCUT2D eigenvalue weighted by Gasteiger charge is -2.21. The lowest BCUT2D eigenvalue weighted by molar-refractivity contribution is -0.116. The van der Waals surface area contributed by atoms with Crippen molar-refractivity contribution < 1.29 is 14.1 Å². The molecular weight excluding hydrogens is 270 g/mol. The van der Waals surface area contributed by atoms with E-state index in [9.17, 15) is 9.59 Å². The minimum atomic E-state index is -0.304. The van der Waals surface area contributed by atoms with E-state index in [0.29, 0.717) is 17.9 Å². The molecule has 0 bridgehead atoms. The van der Waals surface area contributed by atoms with E-state index in [1.165, 1.54) is 11.2 Å². The minimum Gasteiger partial charge on any atom is -0.363 e. The van der Waals surface area contributed by atoms with Crippen LogP contribution in [0, 0.1) is 0 Å². The number of hydrogen-bond acceptors (Lipinski definition) is 4. The van der Waals surface area contributed by atoms with Gasteiger partial charge in [-0.1, -0.05) is 30.3 Å². The van der Waals surface area contributed by atoms with Crippen molar-refractivity contribution in [3.8, 4) is 0 Å². The van der Waals surface area contributed by atoms with Crippen LogP contribution in [0.1, 0.15) is 23.7 Å². The number of anilines is 1. The molecule has 0 saturated carbocycles. The molecule has 0 atom stereocenters. The van der Waals surface area contributed by atoms with E-state index in [-0.39, 0.29) is 18.4 Å².